The van der Waals surface area contributed by atoms with E-state index in [1.54, 1.807) is 6.20 Å². The van der Waals surface area contributed by atoms with Crippen LogP contribution in [-0.2, 0) is 11.3 Å². The number of aromatic amines is 1. The molecule has 0 unspecified atom stereocenters. The number of amides is 1. The Hall–Kier alpha value is -2.73. The lowest BCUT2D eigenvalue weighted by molar-refractivity contribution is -0.136. The number of pyridine rings is 1. The number of hydrogen-bond acceptors (Lipinski definition) is 4. The summed E-state index contributed by atoms with van der Waals surface area (Å²) in [6.07, 6.45) is 3.59. The van der Waals surface area contributed by atoms with Crippen molar-refractivity contribution in [3.63, 3.8) is 0 Å². The molecule has 1 aliphatic rings. The Balaban J connectivity index is 1.30. The van der Waals surface area contributed by atoms with Crippen LogP contribution in [0.5, 0.6) is 0 Å². The summed E-state index contributed by atoms with van der Waals surface area (Å²) >= 11 is 0. The lowest BCUT2D eigenvalue weighted by Gasteiger charge is -2.39. The van der Waals surface area contributed by atoms with Crippen LogP contribution >= 0.6 is 0 Å². The van der Waals surface area contributed by atoms with Crippen LogP contribution in [0.3, 0.4) is 0 Å². The molecule has 4 rings (SSSR count). The summed E-state index contributed by atoms with van der Waals surface area (Å²) in [5, 5.41) is 0. The van der Waals surface area contributed by atoms with Gasteiger partial charge in [-0.1, -0.05) is 18.2 Å². The Morgan fingerprint density at radius 2 is 2.12 bits per heavy atom. The van der Waals surface area contributed by atoms with Gasteiger partial charge in [0.2, 0.25) is 5.91 Å². The van der Waals surface area contributed by atoms with Crippen LogP contribution in [0.15, 0.2) is 48.8 Å². The van der Waals surface area contributed by atoms with Crippen LogP contribution in [0.1, 0.15) is 17.3 Å². The van der Waals surface area contributed by atoms with Gasteiger partial charge in [-0.25, -0.2) is 4.98 Å². The molecule has 3 heterocycles. The molecule has 1 N–H and O–H groups in total. The molecular formula is C19H21N5O. The number of hydrogen-bond donors (Lipinski definition) is 1. The first-order chi connectivity index (χ1) is 12.2. The monoisotopic (exact) mass is 335 g/mol. The van der Waals surface area contributed by atoms with Crippen molar-refractivity contribution in [1.82, 2.24) is 24.8 Å². The number of nitrogens with zero attached hydrogens (tertiary/aromatic N) is 4. The van der Waals surface area contributed by atoms with E-state index >= 15 is 0 Å². The van der Waals surface area contributed by atoms with E-state index in [0.29, 0.717) is 12.5 Å². The summed E-state index contributed by atoms with van der Waals surface area (Å²) in [5.41, 5.74) is 3.15. The van der Waals surface area contributed by atoms with Crippen molar-refractivity contribution in [2.24, 2.45) is 0 Å². The molecule has 1 saturated heterocycles. The quantitative estimate of drug-likeness (QED) is 0.775. The molecule has 1 aliphatic heterocycles. The second kappa shape index (κ2) is 6.64. The Morgan fingerprint density at radius 3 is 2.88 bits per heavy atom. The number of imidazole rings is 1. The van der Waals surface area contributed by atoms with Crippen LogP contribution in [-0.4, -0.2) is 57.3 Å². The van der Waals surface area contributed by atoms with Crippen LogP contribution in [0.2, 0.25) is 0 Å². The average Bonchev–Trinajstić information content (AvgIpc) is 2.97. The predicted octanol–water partition coefficient (Wildman–Crippen LogP) is 2.02. The number of H-pyrrole nitrogens is 1. The number of carbonyl (C=O) groups is 1. The van der Waals surface area contributed by atoms with E-state index in [1.807, 2.05) is 59.4 Å². The van der Waals surface area contributed by atoms with E-state index in [2.05, 4.69) is 15.0 Å². The highest BCUT2D eigenvalue weighted by Crippen LogP contribution is 2.26. The van der Waals surface area contributed by atoms with Crippen LogP contribution in [0.4, 0.5) is 0 Å². The number of fused-ring (bicyclic) bond motifs is 1. The minimum Gasteiger partial charge on any atom is -0.342 e. The van der Waals surface area contributed by atoms with E-state index in [4.69, 9.17) is 0 Å². The van der Waals surface area contributed by atoms with Crippen molar-refractivity contribution >= 4 is 16.9 Å². The fourth-order valence-corrected chi connectivity index (χ4v) is 3.21. The fraction of sp³-hybridized carbons (Fsp3) is 0.316. The zero-order valence-corrected chi connectivity index (χ0v) is 14.2. The second-order valence-corrected chi connectivity index (χ2v) is 6.67. The van der Waals surface area contributed by atoms with Crippen molar-refractivity contribution in [1.29, 1.82) is 0 Å². The van der Waals surface area contributed by atoms with Gasteiger partial charge in [-0.3, -0.25) is 14.7 Å². The molecule has 1 amide bonds. The van der Waals surface area contributed by atoms with E-state index < -0.39 is 0 Å². The molecule has 6 heteroatoms. The first-order valence-corrected chi connectivity index (χ1v) is 8.49. The van der Waals surface area contributed by atoms with Crippen molar-refractivity contribution in [3.8, 4) is 0 Å². The fourth-order valence-electron chi connectivity index (χ4n) is 3.21. The first kappa shape index (κ1) is 15.8. The van der Waals surface area contributed by atoms with Gasteiger partial charge in [0.05, 0.1) is 23.5 Å². The molecule has 0 atom stereocenters. The molecule has 0 spiro atoms. The number of nitrogens with one attached hydrogen (secondary N) is 1. The second-order valence-electron chi connectivity index (χ2n) is 6.67. The Kier molecular flexibility index (Phi) is 4.19. The lowest BCUT2D eigenvalue weighted by atomic mass is 9.99. The molecule has 128 valence electrons. The largest absolute Gasteiger partial charge is 0.342 e. The maximum absolute atomic E-state index is 12.4. The molecule has 0 aliphatic carbocycles. The maximum Gasteiger partial charge on any atom is 0.236 e. The van der Waals surface area contributed by atoms with Gasteiger partial charge in [0, 0.05) is 32.0 Å². The molecule has 6 nitrogen and oxygen atoms in total. The van der Waals surface area contributed by atoms with Gasteiger partial charge in [0.25, 0.3) is 0 Å². The van der Waals surface area contributed by atoms with Gasteiger partial charge in [-0.05, 0) is 30.8 Å². The van der Waals surface area contributed by atoms with Crippen LogP contribution in [0.25, 0.3) is 11.0 Å². The van der Waals surface area contributed by atoms with Gasteiger partial charge in [-0.15, -0.1) is 0 Å². The maximum atomic E-state index is 12.4. The minimum absolute atomic E-state index is 0.166. The van der Waals surface area contributed by atoms with Gasteiger partial charge in [0.15, 0.2) is 0 Å². The topological polar surface area (TPSA) is 65.1 Å². The van der Waals surface area contributed by atoms with Crippen molar-refractivity contribution in [2.45, 2.75) is 12.5 Å². The molecule has 0 bridgehead atoms. The highest BCUT2D eigenvalue weighted by Gasteiger charge is 2.33. The van der Waals surface area contributed by atoms with Crippen molar-refractivity contribution < 1.29 is 4.79 Å². The van der Waals surface area contributed by atoms with E-state index in [1.165, 1.54) is 0 Å². The molecule has 2 aromatic heterocycles. The zero-order chi connectivity index (χ0) is 17.2. The highest BCUT2D eigenvalue weighted by molar-refractivity contribution is 5.79. The number of likely N-dealkylation sites (N-methyl/N-ethyl adjacent to an activating group) is 1. The Morgan fingerprint density at radius 1 is 1.28 bits per heavy atom. The third-order valence-electron chi connectivity index (χ3n) is 4.61. The minimum atomic E-state index is 0.166. The molecule has 0 saturated carbocycles. The molecule has 25 heavy (non-hydrogen) atoms. The highest BCUT2D eigenvalue weighted by atomic mass is 16.2. The third-order valence-corrected chi connectivity index (χ3v) is 4.61. The van der Waals surface area contributed by atoms with Crippen molar-refractivity contribution in [3.05, 3.63) is 60.2 Å². The van der Waals surface area contributed by atoms with Gasteiger partial charge < -0.3 is 9.88 Å². The predicted molar refractivity (Wildman–Crippen MR) is 96.0 cm³/mol. The zero-order valence-electron chi connectivity index (χ0n) is 14.2. The first-order valence-electron chi connectivity index (χ1n) is 8.49. The van der Waals surface area contributed by atoms with Crippen LogP contribution < -0.4 is 0 Å². The third kappa shape index (κ3) is 3.39. The summed E-state index contributed by atoms with van der Waals surface area (Å²) < 4.78 is 0. The summed E-state index contributed by atoms with van der Waals surface area (Å²) in [5.74, 6) is 1.45. The SMILES string of the molecule is CN(CC(=O)N1CC(c2nc3ccccc3[nH]2)C1)Cc1cccnc1. The number of carbonyl (C=O) groups excluding carboxylic acids is 1. The number of aromatic nitrogens is 3. The number of benzene rings is 1. The van der Waals surface area contributed by atoms with Crippen molar-refractivity contribution in [2.75, 3.05) is 26.7 Å². The number of rotatable bonds is 5. The molecule has 1 aromatic carbocycles. The molecular weight excluding hydrogens is 314 g/mol. The smallest absolute Gasteiger partial charge is 0.236 e. The van der Waals surface area contributed by atoms with Gasteiger partial charge in [0.1, 0.15) is 5.82 Å². The van der Waals surface area contributed by atoms with Gasteiger partial charge >= 0.3 is 0 Å². The van der Waals surface area contributed by atoms with Gasteiger partial charge in [-0.2, -0.15) is 0 Å². The normalized spacial score (nSPS) is 14.9. The van der Waals surface area contributed by atoms with Crippen LogP contribution in [0, 0.1) is 0 Å². The summed E-state index contributed by atoms with van der Waals surface area (Å²) in [6, 6.07) is 12.0. The molecule has 1 fully saturated rings. The average molecular weight is 335 g/mol. The lowest BCUT2D eigenvalue weighted by Crippen LogP contribution is -2.51. The summed E-state index contributed by atoms with van der Waals surface area (Å²) in [6.45, 7) is 2.61. The number of likely N-dealkylation sites (tertiary alicyclic amines) is 1. The van der Waals surface area contributed by atoms with E-state index in [9.17, 15) is 4.79 Å². The van der Waals surface area contributed by atoms with E-state index in [-0.39, 0.29) is 5.91 Å². The number of para-hydroxylation sites is 2. The summed E-state index contributed by atoms with van der Waals surface area (Å²) in [7, 11) is 1.96. The Bertz CT molecular complexity index is 837. The molecule has 3 aromatic rings. The standard InChI is InChI=1S/C19H21N5O/c1-23(10-14-5-4-8-20-9-14)13-18(25)24-11-15(12-24)19-21-16-6-2-3-7-17(16)22-19/h2-9,15H,10-13H2,1H3,(H,21,22). The Labute approximate surface area is 146 Å². The summed E-state index contributed by atoms with van der Waals surface area (Å²) in [4.78, 5) is 28.4. The molecule has 0 radical (unpaired) electrons. The van der Waals surface area contributed by atoms with E-state index in [0.717, 1.165) is 42.1 Å².